The van der Waals surface area contributed by atoms with Crippen LogP contribution in [-0.4, -0.2) is 64.2 Å². The van der Waals surface area contributed by atoms with Gasteiger partial charge in [0, 0.05) is 37.9 Å². The fraction of sp³-hybridized carbons (Fsp3) is 0.321. The quantitative estimate of drug-likeness (QED) is 0.339. The number of benzene rings is 2. The van der Waals surface area contributed by atoms with E-state index in [1.165, 1.54) is 11.0 Å². The van der Waals surface area contributed by atoms with Crippen molar-refractivity contribution in [3.05, 3.63) is 76.6 Å². The Bertz CT molecular complexity index is 1530. The predicted molar refractivity (Wildman–Crippen MR) is 153 cm³/mol. The number of anilines is 2. The molecule has 5 rings (SSSR count). The average Bonchev–Trinajstić information content (AvgIpc) is 2.88. The van der Waals surface area contributed by atoms with E-state index in [9.17, 15) is 18.9 Å². The second-order valence-electron chi connectivity index (χ2n) is 10.2. The SMILES string of the molecule is CC(C)c1ccccc1N1c2nc(-c3ccccc3F)c(Cl)cc2C(N2CCN(C(=O)O)C[C@@H]2C)=NP1(C)=O. The lowest BCUT2D eigenvalue weighted by atomic mass is 10.0. The lowest BCUT2D eigenvalue weighted by Gasteiger charge is -2.43. The number of hydrogen-bond acceptors (Lipinski definition) is 4. The first-order valence-electron chi connectivity index (χ1n) is 12.8. The standard InChI is InChI=1S/C28H30ClFN5O3P/c1-17(2)19-9-6-8-12-24(19)35-26-21(15-22(29)25(31-26)20-10-5-7-11-23(20)30)27(32-39(35,4)38)34-14-13-33(28(36)37)16-18(34)3/h5-12,15,17-18H,13-14,16H2,1-4H3,(H,36,37)/t18-,39?/m0/s1. The Hall–Kier alpha value is -3.42. The first kappa shape index (κ1) is 27.2. The molecule has 0 saturated carbocycles. The number of halogens is 2. The highest BCUT2D eigenvalue weighted by Crippen LogP contribution is 2.60. The van der Waals surface area contributed by atoms with Crippen LogP contribution in [0, 0.1) is 5.82 Å². The molecule has 1 amide bonds. The first-order valence-corrected chi connectivity index (χ1v) is 15.2. The molecule has 3 heterocycles. The van der Waals surface area contributed by atoms with E-state index in [2.05, 4.69) is 13.8 Å². The van der Waals surface area contributed by atoms with E-state index in [4.69, 9.17) is 21.3 Å². The van der Waals surface area contributed by atoms with Gasteiger partial charge in [0.25, 0.3) is 7.44 Å². The Labute approximate surface area is 232 Å². The summed E-state index contributed by atoms with van der Waals surface area (Å²) in [5, 5.41) is 9.72. The molecule has 1 aromatic heterocycles. The second kappa shape index (κ2) is 10.3. The van der Waals surface area contributed by atoms with Crippen molar-refractivity contribution in [3.8, 4) is 11.3 Å². The summed E-state index contributed by atoms with van der Waals surface area (Å²) in [6.45, 7) is 8.51. The Balaban J connectivity index is 1.74. The normalized spacial score (nSPS) is 21.2. The van der Waals surface area contributed by atoms with Gasteiger partial charge in [0.15, 0.2) is 5.82 Å². The van der Waals surface area contributed by atoms with E-state index in [-0.39, 0.29) is 41.3 Å². The molecule has 204 valence electrons. The maximum absolute atomic E-state index is 14.9. The number of amides is 1. The van der Waals surface area contributed by atoms with E-state index >= 15 is 0 Å². The van der Waals surface area contributed by atoms with E-state index in [0.29, 0.717) is 29.4 Å². The van der Waals surface area contributed by atoms with E-state index in [1.807, 2.05) is 36.1 Å². The molecule has 2 atom stereocenters. The highest BCUT2D eigenvalue weighted by molar-refractivity contribution is 7.64. The largest absolute Gasteiger partial charge is 0.465 e. The summed E-state index contributed by atoms with van der Waals surface area (Å²) < 4.78 is 35.9. The Morgan fingerprint density at radius 2 is 1.82 bits per heavy atom. The third-order valence-electron chi connectivity index (χ3n) is 7.13. The third-order valence-corrected chi connectivity index (χ3v) is 9.13. The van der Waals surface area contributed by atoms with Gasteiger partial charge < -0.3 is 14.9 Å². The molecule has 2 aliphatic rings. The summed E-state index contributed by atoms with van der Waals surface area (Å²) in [4.78, 5) is 19.8. The summed E-state index contributed by atoms with van der Waals surface area (Å²) in [7, 11) is -3.49. The van der Waals surface area contributed by atoms with Crippen LogP contribution >= 0.6 is 19.0 Å². The molecule has 0 radical (unpaired) electrons. The van der Waals surface area contributed by atoms with Crippen LogP contribution in [0.25, 0.3) is 11.3 Å². The van der Waals surface area contributed by atoms with Crippen molar-refractivity contribution in [1.29, 1.82) is 0 Å². The number of hydrogen-bond donors (Lipinski definition) is 1. The zero-order valence-electron chi connectivity index (χ0n) is 22.2. The van der Waals surface area contributed by atoms with Crippen LogP contribution in [0.1, 0.15) is 37.8 Å². The molecule has 1 saturated heterocycles. The minimum atomic E-state index is -3.49. The van der Waals surface area contributed by atoms with Crippen LogP contribution in [0.15, 0.2) is 59.4 Å². The number of nitrogens with zero attached hydrogens (tertiary/aromatic N) is 5. The van der Waals surface area contributed by atoms with Crippen LogP contribution in [0.3, 0.4) is 0 Å². The summed E-state index contributed by atoms with van der Waals surface area (Å²) in [6, 6.07) is 15.4. The van der Waals surface area contributed by atoms with Gasteiger partial charge in [-0.2, -0.15) is 4.76 Å². The Morgan fingerprint density at radius 3 is 2.49 bits per heavy atom. The van der Waals surface area contributed by atoms with Gasteiger partial charge in [-0.3, -0.25) is 9.24 Å². The Morgan fingerprint density at radius 1 is 1.13 bits per heavy atom. The maximum Gasteiger partial charge on any atom is 0.407 e. The van der Waals surface area contributed by atoms with E-state index in [1.54, 1.807) is 35.6 Å². The average molecular weight is 570 g/mol. The molecule has 11 heteroatoms. The van der Waals surface area contributed by atoms with Crippen molar-refractivity contribution in [2.45, 2.75) is 32.7 Å². The third kappa shape index (κ3) is 4.90. The summed E-state index contributed by atoms with van der Waals surface area (Å²) in [5.74, 6) is 0.469. The van der Waals surface area contributed by atoms with Crippen molar-refractivity contribution in [2.24, 2.45) is 4.76 Å². The van der Waals surface area contributed by atoms with Crippen LogP contribution in [0.4, 0.5) is 20.7 Å². The van der Waals surface area contributed by atoms with Gasteiger partial charge in [0.05, 0.1) is 22.0 Å². The van der Waals surface area contributed by atoms with Crippen LogP contribution in [0.5, 0.6) is 0 Å². The number of rotatable bonds is 3. The van der Waals surface area contributed by atoms with E-state index in [0.717, 1.165) is 5.56 Å². The minimum absolute atomic E-state index is 0.123. The molecule has 0 spiro atoms. The van der Waals surface area contributed by atoms with Gasteiger partial charge in [0.2, 0.25) is 0 Å². The molecule has 0 aliphatic carbocycles. The zero-order valence-corrected chi connectivity index (χ0v) is 23.8. The molecular weight excluding hydrogens is 540 g/mol. The van der Waals surface area contributed by atoms with Gasteiger partial charge in [-0.15, -0.1) is 0 Å². The van der Waals surface area contributed by atoms with Crippen LogP contribution in [-0.2, 0) is 4.57 Å². The highest BCUT2D eigenvalue weighted by atomic mass is 35.5. The summed E-state index contributed by atoms with van der Waals surface area (Å²) >= 11 is 6.74. The lowest BCUT2D eigenvalue weighted by Crippen LogP contribution is -2.55. The predicted octanol–water partition coefficient (Wildman–Crippen LogP) is 7.07. The number of amidine groups is 1. The van der Waals surface area contributed by atoms with Gasteiger partial charge in [0.1, 0.15) is 11.7 Å². The number of pyridine rings is 1. The van der Waals surface area contributed by atoms with Crippen molar-refractivity contribution < 1.29 is 18.9 Å². The zero-order chi connectivity index (χ0) is 28.1. The van der Waals surface area contributed by atoms with E-state index < -0.39 is 19.4 Å². The summed E-state index contributed by atoms with van der Waals surface area (Å²) in [5.41, 5.74) is 2.71. The van der Waals surface area contributed by atoms with Crippen molar-refractivity contribution in [2.75, 3.05) is 31.0 Å². The minimum Gasteiger partial charge on any atom is -0.465 e. The highest BCUT2D eigenvalue weighted by Gasteiger charge is 2.41. The smallest absolute Gasteiger partial charge is 0.407 e. The van der Waals surface area contributed by atoms with Gasteiger partial charge in [-0.05, 0) is 42.7 Å². The number of aromatic nitrogens is 1. The number of carboxylic acid groups (broad SMARTS) is 1. The fourth-order valence-corrected chi connectivity index (χ4v) is 7.24. The van der Waals surface area contributed by atoms with Gasteiger partial charge >= 0.3 is 6.09 Å². The number of fused-ring (bicyclic) bond motifs is 1. The van der Waals surface area contributed by atoms with Crippen LogP contribution in [0.2, 0.25) is 5.02 Å². The summed E-state index contributed by atoms with van der Waals surface area (Å²) in [6.07, 6.45) is -0.982. The molecule has 1 fully saturated rings. The van der Waals surface area contributed by atoms with Gasteiger partial charge in [-0.1, -0.05) is 55.8 Å². The molecule has 0 bridgehead atoms. The number of para-hydroxylation sites is 1. The molecule has 2 aliphatic heterocycles. The molecule has 1 N–H and O–H groups in total. The number of piperazine rings is 1. The first-order chi connectivity index (χ1) is 18.5. The molecule has 2 aromatic carbocycles. The molecule has 1 unspecified atom stereocenters. The molecular formula is C28H30ClFN5O3P. The number of carbonyl (C=O) groups is 1. The van der Waals surface area contributed by atoms with Crippen LogP contribution < -0.4 is 4.67 Å². The van der Waals surface area contributed by atoms with Crippen molar-refractivity contribution in [3.63, 3.8) is 0 Å². The molecule has 39 heavy (non-hydrogen) atoms. The van der Waals surface area contributed by atoms with Crippen molar-refractivity contribution in [1.82, 2.24) is 14.8 Å². The molecule has 8 nitrogen and oxygen atoms in total. The topological polar surface area (TPSA) is 89.3 Å². The lowest BCUT2D eigenvalue weighted by molar-refractivity contribution is 0.106. The monoisotopic (exact) mass is 569 g/mol. The maximum atomic E-state index is 14.9. The van der Waals surface area contributed by atoms with Crippen molar-refractivity contribution >= 4 is 42.5 Å². The molecule has 3 aromatic rings. The second-order valence-corrected chi connectivity index (χ2v) is 12.9. The fourth-order valence-electron chi connectivity index (χ4n) is 5.24. The van der Waals surface area contributed by atoms with Gasteiger partial charge in [-0.25, -0.2) is 14.2 Å². The Kier molecular flexibility index (Phi) is 7.16.